The smallest absolute Gasteiger partial charge is 0.216 e. The number of piperidine rings is 1. The quantitative estimate of drug-likeness (QED) is 0.672. The molecule has 1 heterocycles. The van der Waals surface area contributed by atoms with E-state index in [-0.39, 0.29) is 5.91 Å². The fourth-order valence-electron chi connectivity index (χ4n) is 1.94. The Kier molecular flexibility index (Phi) is 5.32. The third-order valence-corrected chi connectivity index (χ3v) is 2.91. The molecule has 0 aromatic heterocycles. The number of amides is 1. The van der Waals surface area contributed by atoms with E-state index >= 15 is 0 Å². The zero-order valence-corrected chi connectivity index (χ0v) is 9.37. The molecular formula is C11H20N2O2. The Bertz CT molecular complexity index is 211. The highest BCUT2D eigenvalue weighted by Gasteiger charge is 2.18. The molecule has 0 aromatic carbocycles. The van der Waals surface area contributed by atoms with Gasteiger partial charge in [0.2, 0.25) is 5.91 Å². The molecule has 0 spiro atoms. The Morgan fingerprint density at radius 2 is 2.13 bits per heavy atom. The lowest BCUT2D eigenvalue weighted by Gasteiger charge is -2.31. The van der Waals surface area contributed by atoms with E-state index in [4.69, 9.17) is 0 Å². The first-order valence-corrected chi connectivity index (χ1v) is 5.63. The molecule has 1 N–H and O–H groups in total. The van der Waals surface area contributed by atoms with Crippen molar-refractivity contribution in [2.24, 2.45) is 5.92 Å². The SMILES string of the molecule is CC(=O)NCC1CCN(CCC=O)CC1. The molecule has 1 rings (SSSR count). The van der Waals surface area contributed by atoms with E-state index in [1.807, 2.05) is 0 Å². The normalized spacial score (nSPS) is 18.7. The first-order chi connectivity index (χ1) is 7.22. The second-order valence-corrected chi connectivity index (χ2v) is 4.18. The number of likely N-dealkylation sites (tertiary alicyclic amines) is 1. The molecule has 0 bridgehead atoms. The predicted octanol–water partition coefficient (Wildman–Crippen LogP) is 0.424. The molecule has 1 amide bonds. The van der Waals surface area contributed by atoms with Crippen LogP contribution in [0.3, 0.4) is 0 Å². The van der Waals surface area contributed by atoms with Crippen molar-refractivity contribution in [1.82, 2.24) is 10.2 Å². The Labute approximate surface area is 91.0 Å². The van der Waals surface area contributed by atoms with Crippen LogP contribution >= 0.6 is 0 Å². The molecule has 1 aliphatic heterocycles. The van der Waals surface area contributed by atoms with E-state index in [0.717, 1.165) is 45.3 Å². The van der Waals surface area contributed by atoms with Gasteiger partial charge in [0.05, 0.1) is 0 Å². The van der Waals surface area contributed by atoms with Crippen LogP contribution in [0.1, 0.15) is 26.2 Å². The summed E-state index contributed by atoms with van der Waals surface area (Å²) < 4.78 is 0. The highest BCUT2D eigenvalue weighted by Crippen LogP contribution is 2.16. The predicted molar refractivity (Wildman–Crippen MR) is 58.5 cm³/mol. The Hall–Kier alpha value is -0.900. The number of nitrogens with zero attached hydrogens (tertiary/aromatic N) is 1. The van der Waals surface area contributed by atoms with Crippen molar-refractivity contribution >= 4 is 12.2 Å². The molecule has 0 radical (unpaired) electrons. The van der Waals surface area contributed by atoms with Crippen LogP contribution in [0.25, 0.3) is 0 Å². The molecule has 0 aliphatic carbocycles. The summed E-state index contributed by atoms with van der Waals surface area (Å²) in [7, 11) is 0. The first kappa shape index (κ1) is 12.2. The molecule has 0 atom stereocenters. The standard InChI is InChI=1S/C11H20N2O2/c1-10(15)12-9-11-3-6-13(7-4-11)5-2-8-14/h8,11H,2-7,9H2,1H3,(H,12,15). The molecule has 4 nitrogen and oxygen atoms in total. The van der Waals surface area contributed by atoms with Crippen molar-refractivity contribution in [2.45, 2.75) is 26.2 Å². The molecular weight excluding hydrogens is 192 g/mol. The average molecular weight is 212 g/mol. The van der Waals surface area contributed by atoms with Gasteiger partial charge < -0.3 is 15.0 Å². The van der Waals surface area contributed by atoms with E-state index in [9.17, 15) is 9.59 Å². The van der Waals surface area contributed by atoms with Crippen molar-refractivity contribution in [1.29, 1.82) is 0 Å². The Morgan fingerprint density at radius 3 is 2.67 bits per heavy atom. The largest absolute Gasteiger partial charge is 0.356 e. The highest BCUT2D eigenvalue weighted by molar-refractivity contribution is 5.72. The minimum Gasteiger partial charge on any atom is -0.356 e. The molecule has 1 saturated heterocycles. The van der Waals surface area contributed by atoms with Crippen molar-refractivity contribution in [3.05, 3.63) is 0 Å². The van der Waals surface area contributed by atoms with Crippen LogP contribution < -0.4 is 5.32 Å². The summed E-state index contributed by atoms with van der Waals surface area (Å²) in [6, 6.07) is 0. The summed E-state index contributed by atoms with van der Waals surface area (Å²) >= 11 is 0. The Balaban J connectivity index is 2.12. The van der Waals surface area contributed by atoms with E-state index in [1.165, 1.54) is 0 Å². The average Bonchev–Trinajstić information content (AvgIpc) is 2.25. The topological polar surface area (TPSA) is 49.4 Å². The van der Waals surface area contributed by atoms with Crippen molar-refractivity contribution in [2.75, 3.05) is 26.2 Å². The molecule has 0 unspecified atom stereocenters. The van der Waals surface area contributed by atoms with Crippen molar-refractivity contribution in [3.8, 4) is 0 Å². The molecule has 15 heavy (non-hydrogen) atoms. The Morgan fingerprint density at radius 1 is 1.47 bits per heavy atom. The minimum atomic E-state index is 0.0541. The minimum absolute atomic E-state index is 0.0541. The van der Waals surface area contributed by atoms with E-state index in [0.29, 0.717) is 12.3 Å². The molecule has 1 aliphatic rings. The van der Waals surface area contributed by atoms with Crippen LogP contribution in [0, 0.1) is 5.92 Å². The monoisotopic (exact) mass is 212 g/mol. The van der Waals surface area contributed by atoms with Crippen molar-refractivity contribution in [3.63, 3.8) is 0 Å². The lowest BCUT2D eigenvalue weighted by molar-refractivity contribution is -0.119. The van der Waals surface area contributed by atoms with Gasteiger partial charge in [-0.3, -0.25) is 4.79 Å². The fourth-order valence-corrected chi connectivity index (χ4v) is 1.94. The van der Waals surface area contributed by atoms with Crippen LogP contribution in [0.5, 0.6) is 0 Å². The first-order valence-electron chi connectivity index (χ1n) is 5.63. The molecule has 0 saturated carbocycles. The lowest BCUT2D eigenvalue weighted by Crippen LogP contribution is -2.38. The van der Waals surface area contributed by atoms with Gasteiger partial charge in [0.15, 0.2) is 0 Å². The maximum absolute atomic E-state index is 10.7. The summed E-state index contributed by atoms with van der Waals surface area (Å²) in [5.41, 5.74) is 0. The van der Waals surface area contributed by atoms with Gasteiger partial charge in [-0.05, 0) is 31.8 Å². The van der Waals surface area contributed by atoms with Gasteiger partial charge in [-0.15, -0.1) is 0 Å². The molecule has 1 fully saturated rings. The molecule has 0 aromatic rings. The van der Waals surface area contributed by atoms with Gasteiger partial charge in [-0.1, -0.05) is 0 Å². The summed E-state index contributed by atoms with van der Waals surface area (Å²) in [4.78, 5) is 23.3. The maximum Gasteiger partial charge on any atom is 0.216 e. The van der Waals surface area contributed by atoms with Gasteiger partial charge in [-0.2, -0.15) is 0 Å². The van der Waals surface area contributed by atoms with Gasteiger partial charge in [0.1, 0.15) is 6.29 Å². The summed E-state index contributed by atoms with van der Waals surface area (Å²) in [6.45, 7) is 5.35. The number of aldehydes is 1. The number of hydrogen-bond acceptors (Lipinski definition) is 3. The van der Waals surface area contributed by atoms with E-state index in [1.54, 1.807) is 6.92 Å². The number of hydrogen-bond donors (Lipinski definition) is 1. The van der Waals surface area contributed by atoms with Crippen LogP contribution in [0.4, 0.5) is 0 Å². The number of carbonyl (C=O) groups is 2. The summed E-state index contributed by atoms with van der Waals surface area (Å²) in [5.74, 6) is 0.666. The van der Waals surface area contributed by atoms with Gasteiger partial charge in [0.25, 0.3) is 0 Å². The zero-order valence-electron chi connectivity index (χ0n) is 9.37. The van der Waals surface area contributed by atoms with Crippen LogP contribution in [-0.2, 0) is 9.59 Å². The lowest BCUT2D eigenvalue weighted by atomic mass is 9.97. The third kappa shape index (κ3) is 4.93. The summed E-state index contributed by atoms with van der Waals surface area (Å²) in [5, 5.41) is 2.86. The fraction of sp³-hybridized carbons (Fsp3) is 0.818. The van der Waals surface area contributed by atoms with Crippen LogP contribution in [0.2, 0.25) is 0 Å². The van der Waals surface area contributed by atoms with Crippen molar-refractivity contribution < 1.29 is 9.59 Å². The van der Waals surface area contributed by atoms with E-state index < -0.39 is 0 Å². The zero-order chi connectivity index (χ0) is 11.1. The van der Waals surface area contributed by atoms with Gasteiger partial charge in [-0.25, -0.2) is 0 Å². The number of carbonyl (C=O) groups excluding carboxylic acids is 2. The van der Waals surface area contributed by atoms with Gasteiger partial charge in [0, 0.05) is 26.4 Å². The van der Waals surface area contributed by atoms with Crippen LogP contribution in [0.15, 0.2) is 0 Å². The number of rotatable bonds is 5. The highest BCUT2D eigenvalue weighted by atomic mass is 16.1. The second kappa shape index (κ2) is 6.56. The maximum atomic E-state index is 10.7. The second-order valence-electron chi connectivity index (χ2n) is 4.18. The number of nitrogens with one attached hydrogen (secondary N) is 1. The van der Waals surface area contributed by atoms with Crippen LogP contribution in [-0.4, -0.2) is 43.3 Å². The van der Waals surface area contributed by atoms with E-state index in [2.05, 4.69) is 10.2 Å². The molecule has 4 heteroatoms. The molecule has 86 valence electrons. The van der Waals surface area contributed by atoms with Gasteiger partial charge >= 0.3 is 0 Å². The third-order valence-electron chi connectivity index (χ3n) is 2.91. The summed E-state index contributed by atoms with van der Waals surface area (Å²) in [6.07, 6.45) is 3.86.